The zero-order valence-electron chi connectivity index (χ0n) is 11.6. The van der Waals surface area contributed by atoms with Gasteiger partial charge in [0, 0.05) is 18.8 Å². The summed E-state index contributed by atoms with van der Waals surface area (Å²) in [4.78, 5) is 3.64. The minimum Gasteiger partial charge on any atom is -0.457 e. The van der Waals surface area contributed by atoms with Gasteiger partial charge in [0.05, 0.1) is 5.56 Å². The quantitative estimate of drug-likeness (QED) is 0.741. The molecule has 110 valence electrons. The normalized spacial score (nSPS) is 11.9. The van der Waals surface area contributed by atoms with Gasteiger partial charge in [-0.1, -0.05) is 17.7 Å². The van der Waals surface area contributed by atoms with E-state index in [9.17, 15) is 13.2 Å². The molecule has 0 heterocycles. The number of benzene rings is 2. The van der Waals surface area contributed by atoms with Crippen LogP contribution in [0.3, 0.4) is 0 Å². The first-order valence-electron chi connectivity index (χ1n) is 6.28. The van der Waals surface area contributed by atoms with Crippen LogP contribution in [-0.4, -0.2) is 13.3 Å². The van der Waals surface area contributed by atoms with Gasteiger partial charge >= 0.3 is 6.18 Å². The smallest absolute Gasteiger partial charge is 0.417 e. The third-order valence-electron chi connectivity index (χ3n) is 2.86. The van der Waals surface area contributed by atoms with Crippen LogP contribution in [0.1, 0.15) is 16.7 Å². The van der Waals surface area contributed by atoms with E-state index in [2.05, 4.69) is 4.99 Å². The maximum Gasteiger partial charge on any atom is 0.417 e. The van der Waals surface area contributed by atoms with Crippen LogP contribution in [0.2, 0.25) is 0 Å². The Kier molecular flexibility index (Phi) is 4.31. The first-order valence-corrected chi connectivity index (χ1v) is 6.28. The van der Waals surface area contributed by atoms with Gasteiger partial charge in [-0.2, -0.15) is 13.2 Å². The average Bonchev–Trinajstić information content (AvgIpc) is 2.42. The minimum atomic E-state index is -4.46. The fourth-order valence-corrected chi connectivity index (χ4v) is 1.84. The lowest BCUT2D eigenvalue weighted by Crippen LogP contribution is -2.09. The molecule has 2 aromatic rings. The number of rotatable bonds is 3. The maximum atomic E-state index is 13.0. The zero-order chi connectivity index (χ0) is 15.5. The van der Waals surface area contributed by atoms with Crippen LogP contribution in [0.4, 0.5) is 13.2 Å². The van der Waals surface area contributed by atoms with Gasteiger partial charge in [-0.05, 0) is 37.3 Å². The van der Waals surface area contributed by atoms with E-state index in [1.54, 1.807) is 12.1 Å². The highest BCUT2D eigenvalue weighted by atomic mass is 19.4. The molecule has 0 spiro atoms. The lowest BCUT2D eigenvalue weighted by atomic mass is 10.1. The Balaban J connectivity index is 2.35. The molecular weight excluding hydrogens is 279 g/mol. The van der Waals surface area contributed by atoms with Gasteiger partial charge < -0.3 is 4.74 Å². The molecule has 5 heteroatoms. The number of aryl methyl sites for hydroxylation is 1. The lowest BCUT2D eigenvalue weighted by Gasteiger charge is -2.13. The molecule has 2 aromatic carbocycles. The third kappa shape index (κ3) is 3.84. The van der Waals surface area contributed by atoms with Crippen molar-refractivity contribution >= 4 is 6.21 Å². The predicted molar refractivity (Wildman–Crippen MR) is 76.2 cm³/mol. The molecule has 0 fully saturated rings. The molecule has 0 saturated carbocycles. The molecule has 0 N–H and O–H groups in total. The summed E-state index contributed by atoms with van der Waals surface area (Å²) in [6, 6.07) is 10.9. The van der Waals surface area contributed by atoms with Gasteiger partial charge in [0.1, 0.15) is 11.5 Å². The van der Waals surface area contributed by atoms with E-state index < -0.39 is 11.7 Å². The van der Waals surface area contributed by atoms with Gasteiger partial charge in [-0.3, -0.25) is 4.99 Å². The van der Waals surface area contributed by atoms with Crippen LogP contribution >= 0.6 is 0 Å². The number of hydrogen-bond acceptors (Lipinski definition) is 2. The van der Waals surface area contributed by atoms with Crippen molar-refractivity contribution in [3.8, 4) is 11.5 Å². The predicted octanol–water partition coefficient (Wildman–Crippen LogP) is 4.85. The first kappa shape index (κ1) is 15.1. The van der Waals surface area contributed by atoms with E-state index in [4.69, 9.17) is 4.74 Å². The van der Waals surface area contributed by atoms with Crippen molar-refractivity contribution in [3.05, 3.63) is 59.2 Å². The molecule has 0 atom stereocenters. The Morgan fingerprint density at radius 1 is 1.00 bits per heavy atom. The molecule has 21 heavy (non-hydrogen) atoms. The summed E-state index contributed by atoms with van der Waals surface area (Å²) in [6.45, 7) is 1.92. The standard InChI is InChI=1S/C16H14F3NO/c1-11-3-6-13(7-4-11)21-14-8-5-12(10-20-2)15(9-14)16(17,18)19/h3-10H,1-2H3. The molecule has 0 aromatic heterocycles. The summed E-state index contributed by atoms with van der Waals surface area (Å²) in [7, 11) is 1.43. The molecule has 0 aliphatic carbocycles. The number of nitrogens with zero attached hydrogens (tertiary/aromatic N) is 1. The van der Waals surface area contributed by atoms with Crippen LogP contribution in [0.15, 0.2) is 47.5 Å². The third-order valence-corrected chi connectivity index (χ3v) is 2.86. The number of aliphatic imine (C=N–C) groups is 1. The Morgan fingerprint density at radius 3 is 2.19 bits per heavy atom. The monoisotopic (exact) mass is 293 g/mol. The number of alkyl halides is 3. The molecule has 0 amide bonds. The van der Waals surface area contributed by atoms with Crippen LogP contribution < -0.4 is 4.74 Å². The summed E-state index contributed by atoms with van der Waals surface area (Å²) in [5.41, 5.74) is 0.298. The van der Waals surface area contributed by atoms with E-state index >= 15 is 0 Å². The van der Waals surface area contributed by atoms with Crippen LogP contribution in [-0.2, 0) is 6.18 Å². The van der Waals surface area contributed by atoms with E-state index in [0.717, 1.165) is 11.6 Å². The van der Waals surface area contributed by atoms with Gasteiger partial charge in [-0.25, -0.2) is 0 Å². The van der Waals surface area contributed by atoms with Crippen LogP contribution in [0.25, 0.3) is 0 Å². The zero-order valence-corrected chi connectivity index (χ0v) is 11.6. The first-order chi connectivity index (χ1) is 9.90. The maximum absolute atomic E-state index is 13.0. The summed E-state index contributed by atoms with van der Waals surface area (Å²) < 4.78 is 44.5. The van der Waals surface area contributed by atoms with Crippen molar-refractivity contribution in [2.24, 2.45) is 4.99 Å². The van der Waals surface area contributed by atoms with Crippen molar-refractivity contribution in [3.63, 3.8) is 0 Å². The second-order valence-electron chi connectivity index (χ2n) is 4.55. The van der Waals surface area contributed by atoms with Crippen LogP contribution in [0, 0.1) is 6.92 Å². The topological polar surface area (TPSA) is 21.6 Å². The Bertz CT molecular complexity index is 646. The van der Waals surface area contributed by atoms with E-state index in [1.807, 2.05) is 19.1 Å². The molecule has 0 saturated heterocycles. The average molecular weight is 293 g/mol. The molecule has 0 bridgehead atoms. The fraction of sp³-hybridized carbons (Fsp3) is 0.188. The van der Waals surface area contributed by atoms with E-state index in [1.165, 1.54) is 25.4 Å². The fourth-order valence-electron chi connectivity index (χ4n) is 1.84. The molecule has 2 rings (SSSR count). The van der Waals surface area contributed by atoms with Crippen molar-refractivity contribution < 1.29 is 17.9 Å². The van der Waals surface area contributed by atoms with Crippen molar-refractivity contribution in [1.82, 2.24) is 0 Å². The molecule has 0 radical (unpaired) electrons. The van der Waals surface area contributed by atoms with Gasteiger partial charge in [0.25, 0.3) is 0 Å². The molecule has 0 aliphatic heterocycles. The molecule has 0 aliphatic rings. The van der Waals surface area contributed by atoms with Crippen LogP contribution in [0.5, 0.6) is 11.5 Å². The number of halogens is 3. The molecule has 2 nitrogen and oxygen atoms in total. The Labute approximate surface area is 120 Å². The van der Waals surface area contributed by atoms with E-state index in [-0.39, 0.29) is 11.3 Å². The highest BCUT2D eigenvalue weighted by Gasteiger charge is 2.33. The van der Waals surface area contributed by atoms with E-state index in [0.29, 0.717) is 5.75 Å². The molecule has 0 unspecified atom stereocenters. The lowest BCUT2D eigenvalue weighted by molar-refractivity contribution is -0.137. The van der Waals surface area contributed by atoms with Crippen molar-refractivity contribution in [2.75, 3.05) is 7.05 Å². The Morgan fingerprint density at radius 2 is 1.62 bits per heavy atom. The number of ether oxygens (including phenoxy) is 1. The highest BCUT2D eigenvalue weighted by molar-refractivity contribution is 5.82. The second kappa shape index (κ2) is 5.99. The van der Waals surface area contributed by atoms with Gasteiger partial charge in [0.2, 0.25) is 0 Å². The van der Waals surface area contributed by atoms with Gasteiger partial charge in [0.15, 0.2) is 0 Å². The molecular formula is C16H14F3NO. The number of hydrogen-bond donors (Lipinski definition) is 0. The summed E-state index contributed by atoms with van der Waals surface area (Å²) in [5, 5.41) is 0. The summed E-state index contributed by atoms with van der Waals surface area (Å²) >= 11 is 0. The largest absolute Gasteiger partial charge is 0.457 e. The highest BCUT2D eigenvalue weighted by Crippen LogP contribution is 2.35. The SMILES string of the molecule is CN=Cc1ccc(Oc2ccc(C)cc2)cc1C(F)(F)F. The summed E-state index contributed by atoms with van der Waals surface area (Å²) in [6.07, 6.45) is -3.28. The van der Waals surface area contributed by atoms with Gasteiger partial charge in [-0.15, -0.1) is 0 Å². The Hall–Kier alpha value is -2.30. The second-order valence-corrected chi connectivity index (χ2v) is 4.55. The minimum absolute atomic E-state index is 0.0151. The summed E-state index contributed by atoms with van der Waals surface area (Å²) in [5.74, 6) is 0.630. The van der Waals surface area contributed by atoms with Crippen molar-refractivity contribution in [1.29, 1.82) is 0 Å². The van der Waals surface area contributed by atoms with Crippen molar-refractivity contribution in [2.45, 2.75) is 13.1 Å².